The summed E-state index contributed by atoms with van der Waals surface area (Å²) in [5.41, 5.74) is 0.613. The van der Waals surface area contributed by atoms with Crippen LogP contribution in [0.1, 0.15) is 12.3 Å². The Hall–Kier alpha value is -3.37. The largest absolute Gasteiger partial charge is 0.497 e. The minimum atomic E-state index is -0.189. The molecule has 4 aromatic rings. The molecule has 0 spiro atoms. The van der Waals surface area contributed by atoms with Gasteiger partial charge in [0.15, 0.2) is 5.82 Å². The number of benzene rings is 2. The molecule has 158 valence electrons. The predicted octanol–water partition coefficient (Wildman–Crippen LogP) is 4.24. The molecule has 0 saturated heterocycles. The van der Waals surface area contributed by atoms with Crippen molar-refractivity contribution in [3.63, 3.8) is 0 Å². The van der Waals surface area contributed by atoms with Gasteiger partial charge in [0, 0.05) is 28.3 Å². The minimum absolute atomic E-state index is 0.179. The lowest BCUT2D eigenvalue weighted by Gasteiger charge is -2.09. The first-order valence-electron chi connectivity index (χ1n) is 9.20. The van der Waals surface area contributed by atoms with Gasteiger partial charge in [-0.1, -0.05) is 28.5 Å². The Bertz CT molecular complexity index is 1160. The highest BCUT2D eigenvalue weighted by Crippen LogP contribution is 2.35. The number of hydrogen-bond donors (Lipinski definition) is 2. The molecule has 2 N–H and O–H groups in total. The number of anilines is 1. The van der Waals surface area contributed by atoms with E-state index in [9.17, 15) is 4.79 Å². The molecule has 0 fully saturated rings. The lowest BCUT2D eigenvalue weighted by molar-refractivity contribution is -0.116. The van der Waals surface area contributed by atoms with Gasteiger partial charge in [-0.15, -0.1) is 0 Å². The van der Waals surface area contributed by atoms with Crippen LogP contribution in [0, 0.1) is 0 Å². The van der Waals surface area contributed by atoms with E-state index in [0.717, 1.165) is 15.5 Å². The molecule has 31 heavy (non-hydrogen) atoms. The highest BCUT2D eigenvalue weighted by Gasteiger charge is 2.13. The molecule has 0 aliphatic carbocycles. The van der Waals surface area contributed by atoms with Crippen LogP contribution in [0.4, 0.5) is 5.69 Å². The number of nitrogens with zero attached hydrogens (tertiary/aromatic N) is 4. The second-order valence-electron chi connectivity index (χ2n) is 6.32. The summed E-state index contributed by atoms with van der Waals surface area (Å²) in [6.07, 6.45) is 1.83. The number of amides is 1. The Morgan fingerprint density at radius 2 is 2.10 bits per heavy atom. The number of carbonyl (C=O) groups is 1. The summed E-state index contributed by atoms with van der Waals surface area (Å²) >= 11 is 7.93. The van der Waals surface area contributed by atoms with Gasteiger partial charge in [-0.3, -0.25) is 9.89 Å². The van der Waals surface area contributed by atoms with Crippen molar-refractivity contribution in [1.82, 2.24) is 25.3 Å². The minimum Gasteiger partial charge on any atom is -0.497 e. The van der Waals surface area contributed by atoms with Crippen LogP contribution in [-0.2, 0) is 11.2 Å². The molecule has 0 saturated carbocycles. The summed E-state index contributed by atoms with van der Waals surface area (Å²) in [4.78, 5) is 22.3. The van der Waals surface area contributed by atoms with Crippen LogP contribution in [0.3, 0.4) is 0 Å². The topological polar surface area (TPSA) is 119 Å². The van der Waals surface area contributed by atoms with Crippen LogP contribution in [0.25, 0.3) is 11.6 Å². The smallest absolute Gasteiger partial charge is 0.239 e. The number of H-pyrrole nitrogens is 1. The summed E-state index contributed by atoms with van der Waals surface area (Å²) in [7, 11) is 1.63. The molecular formula is C20H17ClN6O3S. The number of aryl methyl sites for hydroxylation is 1. The van der Waals surface area contributed by atoms with E-state index in [1.54, 1.807) is 13.2 Å². The maximum absolute atomic E-state index is 12.3. The number of rotatable bonds is 8. The first-order valence-corrected chi connectivity index (χ1v) is 10.4. The van der Waals surface area contributed by atoms with Gasteiger partial charge < -0.3 is 14.6 Å². The third-order valence-electron chi connectivity index (χ3n) is 4.16. The molecule has 0 bridgehead atoms. The number of ether oxygens (including phenoxy) is 1. The van der Waals surface area contributed by atoms with E-state index in [-0.39, 0.29) is 12.3 Å². The monoisotopic (exact) mass is 456 g/mol. The molecule has 11 heteroatoms. The van der Waals surface area contributed by atoms with Crippen molar-refractivity contribution in [2.24, 2.45) is 0 Å². The number of hydrogen-bond acceptors (Lipinski definition) is 8. The van der Waals surface area contributed by atoms with Crippen molar-refractivity contribution in [3.8, 4) is 17.4 Å². The van der Waals surface area contributed by atoms with E-state index in [2.05, 4.69) is 30.6 Å². The average Bonchev–Trinajstić information content (AvgIpc) is 3.47. The first-order chi connectivity index (χ1) is 15.1. The highest BCUT2D eigenvalue weighted by atomic mass is 35.5. The Labute approximate surface area is 186 Å². The van der Waals surface area contributed by atoms with Crippen LogP contribution in [0.5, 0.6) is 5.75 Å². The molecule has 2 aromatic heterocycles. The van der Waals surface area contributed by atoms with Crippen molar-refractivity contribution in [3.05, 3.63) is 59.7 Å². The van der Waals surface area contributed by atoms with Crippen molar-refractivity contribution in [2.45, 2.75) is 22.6 Å². The average molecular weight is 457 g/mol. The third-order valence-corrected chi connectivity index (χ3v) is 5.67. The van der Waals surface area contributed by atoms with Gasteiger partial charge in [0.05, 0.1) is 12.1 Å². The summed E-state index contributed by atoms with van der Waals surface area (Å²) in [6.45, 7) is 0. The quantitative estimate of drug-likeness (QED) is 0.404. The number of aromatic nitrogens is 5. The lowest BCUT2D eigenvalue weighted by Crippen LogP contribution is -2.12. The summed E-state index contributed by atoms with van der Waals surface area (Å²) in [6, 6.07) is 13.1. The number of nitrogens with one attached hydrogen (secondary N) is 2. The van der Waals surface area contributed by atoms with Gasteiger partial charge >= 0.3 is 0 Å². The molecule has 0 unspecified atom stereocenters. The number of aromatic amines is 1. The molecule has 0 aliphatic rings. The summed E-state index contributed by atoms with van der Waals surface area (Å²) in [5.74, 6) is 1.64. The summed E-state index contributed by atoms with van der Waals surface area (Å²) < 4.78 is 10.3. The van der Waals surface area contributed by atoms with Crippen molar-refractivity contribution in [2.75, 3.05) is 12.4 Å². The van der Waals surface area contributed by atoms with Crippen molar-refractivity contribution >= 4 is 35.0 Å². The molecule has 0 radical (unpaired) electrons. The molecule has 4 rings (SSSR count). The number of halogens is 1. The van der Waals surface area contributed by atoms with E-state index in [4.69, 9.17) is 20.9 Å². The van der Waals surface area contributed by atoms with Crippen LogP contribution in [-0.4, -0.2) is 38.3 Å². The van der Waals surface area contributed by atoms with E-state index in [1.807, 2.05) is 36.4 Å². The van der Waals surface area contributed by atoms with E-state index < -0.39 is 0 Å². The van der Waals surface area contributed by atoms with Crippen LogP contribution < -0.4 is 10.1 Å². The zero-order valence-electron chi connectivity index (χ0n) is 16.3. The fourth-order valence-electron chi connectivity index (χ4n) is 2.64. The Kier molecular flexibility index (Phi) is 6.48. The highest BCUT2D eigenvalue weighted by molar-refractivity contribution is 7.99. The lowest BCUT2D eigenvalue weighted by atomic mass is 10.2. The Morgan fingerprint density at radius 1 is 1.26 bits per heavy atom. The summed E-state index contributed by atoms with van der Waals surface area (Å²) in [5, 5.41) is 13.6. The molecule has 9 nitrogen and oxygen atoms in total. The van der Waals surface area contributed by atoms with Gasteiger partial charge in [0.1, 0.15) is 12.1 Å². The first kappa shape index (κ1) is 20.9. The second kappa shape index (κ2) is 9.63. The predicted molar refractivity (Wildman–Crippen MR) is 115 cm³/mol. The molecular weight excluding hydrogens is 440 g/mol. The van der Waals surface area contributed by atoms with Gasteiger partial charge in [-0.2, -0.15) is 10.1 Å². The SMILES string of the molecule is COc1ccc(Sc2ccc(NC(=O)CCc3nc(-c4ncn[nH]4)no3)cc2Cl)cc1. The third kappa shape index (κ3) is 5.41. The molecule has 2 aromatic carbocycles. The van der Waals surface area contributed by atoms with Gasteiger partial charge in [-0.05, 0) is 42.5 Å². The van der Waals surface area contributed by atoms with Crippen molar-refractivity contribution in [1.29, 1.82) is 0 Å². The zero-order valence-corrected chi connectivity index (χ0v) is 17.9. The maximum atomic E-state index is 12.3. The Morgan fingerprint density at radius 3 is 2.81 bits per heavy atom. The van der Waals surface area contributed by atoms with Crippen molar-refractivity contribution < 1.29 is 14.1 Å². The van der Waals surface area contributed by atoms with Gasteiger partial charge in [0.25, 0.3) is 0 Å². The fourth-order valence-corrected chi connectivity index (χ4v) is 3.76. The Balaban J connectivity index is 1.31. The van der Waals surface area contributed by atoms with Crippen LogP contribution >= 0.6 is 23.4 Å². The fraction of sp³-hybridized carbons (Fsp3) is 0.150. The second-order valence-corrected chi connectivity index (χ2v) is 7.84. The number of carbonyl (C=O) groups excluding carboxylic acids is 1. The normalized spacial score (nSPS) is 10.8. The number of methoxy groups -OCH3 is 1. The maximum Gasteiger partial charge on any atom is 0.239 e. The molecule has 0 aliphatic heterocycles. The van der Waals surface area contributed by atoms with E-state index >= 15 is 0 Å². The molecule has 2 heterocycles. The van der Waals surface area contributed by atoms with Gasteiger partial charge in [-0.25, -0.2) is 4.98 Å². The molecule has 1 amide bonds. The van der Waals surface area contributed by atoms with E-state index in [1.165, 1.54) is 18.1 Å². The van der Waals surface area contributed by atoms with Crippen LogP contribution in [0.15, 0.2) is 63.1 Å². The van der Waals surface area contributed by atoms with E-state index in [0.29, 0.717) is 34.7 Å². The van der Waals surface area contributed by atoms with Gasteiger partial charge in [0.2, 0.25) is 17.6 Å². The molecule has 0 atom stereocenters. The standard InChI is InChI=1S/C20H17ClN6O3S/c1-29-13-3-5-14(6-4-13)31-16-7-2-12(10-15(16)21)24-17(28)8-9-18-25-20(27-30-18)19-22-11-23-26-19/h2-7,10-11H,8-9H2,1H3,(H,24,28)(H,22,23,26). The zero-order chi connectivity index (χ0) is 21.6. The van der Waals surface area contributed by atoms with Crippen LogP contribution in [0.2, 0.25) is 5.02 Å².